The topological polar surface area (TPSA) is 76.1 Å². The summed E-state index contributed by atoms with van der Waals surface area (Å²) in [5.41, 5.74) is -0.712. The van der Waals surface area contributed by atoms with E-state index < -0.39 is 29.8 Å². The number of carbonyl (C=O) groups is 2. The van der Waals surface area contributed by atoms with E-state index >= 15 is 0 Å². The second-order valence-electron chi connectivity index (χ2n) is 6.42. The van der Waals surface area contributed by atoms with Crippen LogP contribution in [0.4, 0.5) is 9.18 Å². The Morgan fingerprint density at radius 3 is 2.39 bits per heavy atom. The van der Waals surface area contributed by atoms with E-state index in [9.17, 15) is 19.1 Å². The average molecular weight is 325 g/mol. The number of aliphatic carboxylic acids is 1. The molecule has 1 aromatic carbocycles. The van der Waals surface area contributed by atoms with Crippen LogP contribution in [0.25, 0.3) is 0 Å². The van der Waals surface area contributed by atoms with Gasteiger partial charge < -0.3 is 14.6 Å². The van der Waals surface area contributed by atoms with E-state index in [0.29, 0.717) is 5.75 Å². The largest absolute Gasteiger partial charge is 0.488 e. The molecule has 2 atom stereocenters. The molecule has 126 valence electrons. The van der Waals surface area contributed by atoms with Gasteiger partial charge in [-0.1, -0.05) is 0 Å². The Labute approximate surface area is 133 Å². The molecule has 1 fully saturated rings. The molecule has 0 unspecified atom stereocenters. The number of hydrogen-bond donors (Lipinski definition) is 1. The molecular weight excluding hydrogens is 305 g/mol. The molecule has 7 heteroatoms. The van der Waals surface area contributed by atoms with Crippen molar-refractivity contribution in [3.05, 3.63) is 30.1 Å². The van der Waals surface area contributed by atoms with Crippen molar-refractivity contribution in [1.82, 2.24) is 4.90 Å². The Balaban J connectivity index is 2.06. The second-order valence-corrected chi connectivity index (χ2v) is 6.42. The Bertz CT molecular complexity index is 581. The Hall–Kier alpha value is -2.31. The van der Waals surface area contributed by atoms with Gasteiger partial charge in [-0.3, -0.25) is 4.90 Å². The Morgan fingerprint density at radius 2 is 1.87 bits per heavy atom. The van der Waals surface area contributed by atoms with Crippen LogP contribution >= 0.6 is 0 Å². The molecule has 1 heterocycles. The lowest BCUT2D eigenvalue weighted by Gasteiger charge is -2.26. The predicted octanol–water partition coefficient (Wildman–Crippen LogP) is 2.67. The average Bonchev–Trinajstić information content (AvgIpc) is 2.84. The fraction of sp³-hybridized carbons (Fsp3) is 0.500. The highest BCUT2D eigenvalue weighted by Crippen LogP contribution is 2.25. The molecule has 0 aliphatic carbocycles. The molecule has 0 radical (unpaired) electrons. The highest BCUT2D eigenvalue weighted by Gasteiger charge is 2.42. The van der Waals surface area contributed by atoms with E-state index in [1.54, 1.807) is 20.8 Å². The number of halogens is 1. The number of likely N-dealkylation sites (tertiary alicyclic amines) is 1. The van der Waals surface area contributed by atoms with Gasteiger partial charge in [0.2, 0.25) is 0 Å². The Morgan fingerprint density at radius 1 is 1.26 bits per heavy atom. The molecule has 1 saturated heterocycles. The maximum atomic E-state index is 12.9. The third-order valence-electron chi connectivity index (χ3n) is 3.29. The SMILES string of the molecule is CC(C)(C)OC(=O)N1C[C@H](Oc2ccc(F)cc2)C[C@@H]1C(=O)O. The summed E-state index contributed by atoms with van der Waals surface area (Å²) in [4.78, 5) is 24.7. The maximum Gasteiger partial charge on any atom is 0.411 e. The fourth-order valence-electron chi connectivity index (χ4n) is 2.34. The first kappa shape index (κ1) is 17.1. The fourth-order valence-corrected chi connectivity index (χ4v) is 2.34. The number of amides is 1. The first-order chi connectivity index (χ1) is 10.7. The summed E-state index contributed by atoms with van der Waals surface area (Å²) in [5.74, 6) is -1.07. The van der Waals surface area contributed by atoms with Crippen LogP contribution in [-0.4, -0.2) is 46.4 Å². The molecular formula is C16H20FNO5. The van der Waals surface area contributed by atoms with Crippen molar-refractivity contribution < 1.29 is 28.6 Å². The third-order valence-corrected chi connectivity index (χ3v) is 3.29. The van der Waals surface area contributed by atoms with E-state index in [0.717, 1.165) is 4.90 Å². The number of carboxylic acid groups (broad SMARTS) is 1. The minimum absolute atomic E-state index is 0.100. The first-order valence-electron chi connectivity index (χ1n) is 7.30. The van der Waals surface area contributed by atoms with Crippen LogP contribution in [0.5, 0.6) is 5.75 Å². The summed E-state index contributed by atoms with van der Waals surface area (Å²) in [5, 5.41) is 9.30. The lowest BCUT2D eigenvalue weighted by Crippen LogP contribution is -2.43. The van der Waals surface area contributed by atoms with Crippen LogP contribution in [0.1, 0.15) is 27.2 Å². The second kappa shape index (κ2) is 6.44. The predicted molar refractivity (Wildman–Crippen MR) is 79.8 cm³/mol. The van der Waals surface area contributed by atoms with Gasteiger partial charge in [0.1, 0.15) is 29.3 Å². The molecule has 6 nitrogen and oxygen atoms in total. The van der Waals surface area contributed by atoms with Crippen molar-refractivity contribution in [1.29, 1.82) is 0 Å². The van der Waals surface area contributed by atoms with Crippen LogP contribution in [0.3, 0.4) is 0 Å². The van der Waals surface area contributed by atoms with Crippen LogP contribution < -0.4 is 4.74 Å². The molecule has 0 bridgehead atoms. The zero-order chi connectivity index (χ0) is 17.2. The highest BCUT2D eigenvalue weighted by molar-refractivity contribution is 5.81. The number of carboxylic acids is 1. The number of carbonyl (C=O) groups excluding carboxylic acids is 1. The minimum atomic E-state index is -1.11. The van der Waals surface area contributed by atoms with Gasteiger partial charge in [-0.15, -0.1) is 0 Å². The first-order valence-corrected chi connectivity index (χ1v) is 7.30. The minimum Gasteiger partial charge on any atom is -0.488 e. The summed E-state index contributed by atoms with van der Waals surface area (Å²) in [7, 11) is 0. The van der Waals surface area contributed by atoms with E-state index in [1.807, 2.05) is 0 Å². The van der Waals surface area contributed by atoms with Crippen molar-refractivity contribution in [3.63, 3.8) is 0 Å². The van der Waals surface area contributed by atoms with Gasteiger partial charge in [-0.2, -0.15) is 0 Å². The van der Waals surface area contributed by atoms with Gasteiger partial charge in [0.05, 0.1) is 6.54 Å². The summed E-state index contributed by atoms with van der Waals surface area (Å²) < 4.78 is 23.8. The van der Waals surface area contributed by atoms with E-state index in [2.05, 4.69) is 0 Å². The van der Waals surface area contributed by atoms with Crippen molar-refractivity contribution in [2.45, 2.75) is 44.9 Å². The van der Waals surface area contributed by atoms with Crippen molar-refractivity contribution in [3.8, 4) is 5.75 Å². The quantitative estimate of drug-likeness (QED) is 0.924. The molecule has 1 N–H and O–H groups in total. The van der Waals surface area contributed by atoms with Crippen LogP contribution in [0, 0.1) is 5.82 Å². The monoisotopic (exact) mass is 325 g/mol. The molecule has 2 rings (SSSR count). The standard InChI is InChI=1S/C16H20FNO5/c1-16(2,3)23-15(21)18-9-12(8-13(18)14(19)20)22-11-6-4-10(17)5-7-11/h4-7,12-13H,8-9H2,1-3H3,(H,19,20)/t12-,13-/m1/s1. The molecule has 1 aliphatic heterocycles. The number of benzene rings is 1. The summed E-state index contributed by atoms with van der Waals surface area (Å²) in [6, 6.07) is 4.42. The Kier molecular flexibility index (Phi) is 4.77. The maximum absolute atomic E-state index is 12.9. The zero-order valence-corrected chi connectivity index (χ0v) is 13.3. The number of ether oxygens (including phenoxy) is 2. The van der Waals surface area contributed by atoms with E-state index in [1.165, 1.54) is 24.3 Å². The lowest BCUT2D eigenvalue weighted by molar-refractivity contribution is -0.142. The molecule has 0 saturated carbocycles. The smallest absolute Gasteiger partial charge is 0.411 e. The summed E-state index contributed by atoms with van der Waals surface area (Å²) in [6.07, 6.45) is -1.03. The summed E-state index contributed by atoms with van der Waals surface area (Å²) >= 11 is 0. The van der Waals surface area contributed by atoms with Gasteiger partial charge >= 0.3 is 12.1 Å². The van der Waals surface area contributed by atoms with Gasteiger partial charge in [-0.25, -0.2) is 14.0 Å². The molecule has 0 spiro atoms. The lowest BCUT2D eigenvalue weighted by atomic mass is 10.2. The van der Waals surface area contributed by atoms with Gasteiger partial charge in [-0.05, 0) is 45.0 Å². The van der Waals surface area contributed by atoms with E-state index in [-0.39, 0.29) is 18.8 Å². The van der Waals surface area contributed by atoms with Gasteiger partial charge in [0, 0.05) is 6.42 Å². The van der Waals surface area contributed by atoms with Crippen molar-refractivity contribution in [2.24, 2.45) is 0 Å². The normalized spacial score (nSPS) is 21.1. The molecule has 0 aromatic heterocycles. The number of hydrogen-bond acceptors (Lipinski definition) is 4. The number of nitrogens with zero attached hydrogens (tertiary/aromatic N) is 1. The molecule has 23 heavy (non-hydrogen) atoms. The highest BCUT2D eigenvalue weighted by atomic mass is 19.1. The van der Waals surface area contributed by atoms with Crippen molar-refractivity contribution >= 4 is 12.1 Å². The molecule has 1 amide bonds. The number of rotatable bonds is 3. The van der Waals surface area contributed by atoms with Crippen LogP contribution in [0.15, 0.2) is 24.3 Å². The molecule has 1 aliphatic rings. The van der Waals surface area contributed by atoms with Gasteiger partial charge in [0.15, 0.2) is 0 Å². The summed E-state index contributed by atoms with van der Waals surface area (Å²) in [6.45, 7) is 5.24. The zero-order valence-electron chi connectivity index (χ0n) is 13.3. The van der Waals surface area contributed by atoms with Crippen molar-refractivity contribution in [2.75, 3.05) is 6.54 Å². The van der Waals surface area contributed by atoms with Crippen LogP contribution in [-0.2, 0) is 9.53 Å². The van der Waals surface area contributed by atoms with E-state index in [4.69, 9.17) is 9.47 Å². The van der Waals surface area contributed by atoms with Crippen LogP contribution in [0.2, 0.25) is 0 Å². The van der Waals surface area contributed by atoms with Gasteiger partial charge in [0.25, 0.3) is 0 Å². The molecule has 1 aromatic rings. The third kappa shape index (κ3) is 4.58.